The number of nitrogens with one attached hydrogen (secondary N) is 2. The van der Waals surface area contributed by atoms with Crippen molar-refractivity contribution in [3.8, 4) is 11.3 Å². The molecule has 0 radical (unpaired) electrons. The van der Waals surface area contributed by atoms with E-state index in [2.05, 4.69) is 15.3 Å². The number of imidazole rings is 1. The van der Waals surface area contributed by atoms with Gasteiger partial charge in [0.1, 0.15) is 11.6 Å². The minimum atomic E-state index is -0.336. The van der Waals surface area contributed by atoms with E-state index < -0.39 is 0 Å². The van der Waals surface area contributed by atoms with Crippen LogP contribution in [-0.2, 0) is 6.42 Å². The number of aromatic nitrogens is 2. The van der Waals surface area contributed by atoms with Gasteiger partial charge >= 0.3 is 0 Å². The number of hydrogen-bond donors (Lipinski definition) is 2. The molecule has 1 aromatic carbocycles. The molecule has 1 heterocycles. The Morgan fingerprint density at radius 3 is 3.00 bits per heavy atom. The van der Waals surface area contributed by atoms with Gasteiger partial charge in [-0.15, -0.1) is 0 Å². The van der Waals surface area contributed by atoms with Crippen LogP contribution in [0.25, 0.3) is 11.3 Å². The van der Waals surface area contributed by atoms with Crippen LogP contribution in [0, 0.1) is 5.82 Å². The predicted octanol–water partition coefficient (Wildman–Crippen LogP) is 3.02. The molecule has 5 heteroatoms. The minimum absolute atomic E-state index is 0.336. The van der Waals surface area contributed by atoms with Gasteiger partial charge in [-0.3, -0.25) is 0 Å². The third-order valence-electron chi connectivity index (χ3n) is 2.69. The molecule has 2 aromatic rings. The minimum Gasteiger partial charge on any atom is -0.342 e. The molecule has 18 heavy (non-hydrogen) atoms. The highest BCUT2D eigenvalue weighted by molar-refractivity contribution is 6.33. The van der Waals surface area contributed by atoms with E-state index >= 15 is 0 Å². The van der Waals surface area contributed by atoms with Gasteiger partial charge in [-0.2, -0.15) is 0 Å². The molecular formula is C13H15ClFN3. The first-order valence-corrected chi connectivity index (χ1v) is 6.22. The average molecular weight is 268 g/mol. The maximum absolute atomic E-state index is 13.0. The van der Waals surface area contributed by atoms with Gasteiger partial charge in [0.05, 0.1) is 16.9 Å². The topological polar surface area (TPSA) is 40.7 Å². The molecule has 0 bridgehead atoms. The monoisotopic (exact) mass is 267 g/mol. The summed E-state index contributed by atoms with van der Waals surface area (Å²) >= 11 is 6.00. The van der Waals surface area contributed by atoms with Gasteiger partial charge in [0, 0.05) is 12.0 Å². The van der Waals surface area contributed by atoms with Gasteiger partial charge < -0.3 is 10.3 Å². The maximum atomic E-state index is 13.0. The SMILES string of the molecule is CNCCCc1ncc(-c2ccc(F)cc2Cl)[nH]1. The third kappa shape index (κ3) is 3.09. The summed E-state index contributed by atoms with van der Waals surface area (Å²) in [5.41, 5.74) is 1.59. The van der Waals surface area contributed by atoms with Crippen molar-refractivity contribution in [3.63, 3.8) is 0 Å². The molecule has 0 atom stereocenters. The van der Waals surface area contributed by atoms with E-state index in [-0.39, 0.29) is 5.82 Å². The molecule has 2 rings (SSSR count). The van der Waals surface area contributed by atoms with Gasteiger partial charge in [0.15, 0.2) is 0 Å². The van der Waals surface area contributed by atoms with Crippen molar-refractivity contribution in [2.24, 2.45) is 0 Å². The number of halogens is 2. The number of aryl methyl sites for hydroxylation is 1. The molecule has 0 aliphatic heterocycles. The number of rotatable bonds is 5. The van der Waals surface area contributed by atoms with Crippen LogP contribution in [0.3, 0.4) is 0 Å². The second-order valence-electron chi connectivity index (χ2n) is 4.07. The Hall–Kier alpha value is -1.39. The Kier molecular flexibility index (Phi) is 4.33. The maximum Gasteiger partial charge on any atom is 0.124 e. The molecule has 2 N–H and O–H groups in total. The second-order valence-corrected chi connectivity index (χ2v) is 4.48. The van der Waals surface area contributed by atoms with Crippen molar-refractivity contribution < 1.29 is 4.39 Å². The van der Waals surface area contributed by atoms with E-state index in [1.165, 1.54) is 12.1 Å². The van der Waals surface area contributed by atoms with Crippen molar-refractivity contribution in [1.82, 2.24) is 15.3 Å². The lowest BCUT2D eigenvalue weighted by molar-refractivity contribution is 0.628. The third-order valence-corrected chi connectivity index (χ3v) is 3.00. The fourth-order valence-electron chi connectivity index (χ4n) is 1.77. The molecule has 0 saturated carbocycles. The van der Waals surface area contributed by atoms with Crippen molar-refractivity contribution in [1.29, 1.82) is 0 Å². The van der Waals surface area contributed by atoms with E-state index in [1.807, 2.05) is 7.05 Å². The van der Waals surface area contributed by atoms with E-state index in [0.717, 1.165) is 36.5 Å². The molecular weight excluding hydrogens is 253 g/mol. The summed E-state index contributed by atoms with van der Waals surface area (Å²) < 4.78 is 13.0. The fourth-order valence-corrected chi connectivity index (χ4v) is 2.04. The van der Waals surface area contributed by atoms with Crippen LogP contribution in [0.2, 0.25) is 5.02 Å². The molecule has 3 nitrogen and oxygen atoms in total. The zero-order chi connectivity index (χ0) is 13.0. The first-order chi connectivity index (χ1) is 8.70. The summed E-state index contributed by atoms with van der Waals surface area (Å²) in [6.45, 7) is 0.952. The molecule has 0 aliphatic carbocycles. The van der Waals surface area contributed by atoms with Gasteiger partial charge in [0.2, 0.25) is 0 Å². The number of hydrogen-bond acceptors (Lipinski definition) is 2. The van der Waals surface area contributed by atoms with Crippen molar-refractivity contribution >= 4 is 11.6 Å². The van der Waals surface area contributed by atoms with Crippen LogP contribution in [-0.4, -0.2) is 23.6 Å². The largest absolute Gasteiger partial charge is 0.342 e. The summed E-state index contributed by atoms with van der Waals surface area (Å²) in [5.74, 6) is 0.582. The smallest absolute Gasteiger partial charge is 0.124 e. The zero-order valence-corrected chi connectivity index (χ0v) is 10.9. The number of benzene rings is 1. The Bertz CT molecular complexity index is 525. The van der Waals surface area contributed by atoms with Crippen molar-refractivity contribution in [3.05, 3.63) is 41.1 Å². The first-order valence-electron chi connectivity index (χ1n) is 5.84. The summed E-state index contributed by atoms with van der Waals surface area (Å²) in [4.78, 5) is 7.50. The predicted molar refractivity (Wildman–Crippen MR) is 71.2 cm³/mol. The highest BCUT2D eigenvalue weighted by Gasteiger charge is 2.08. The Morgan fingerprint density at radius 1 is 1.44 bits per heavy atom. The van der Waals surface area contributed by atoms with Gasteiger partial charge in [-0.05, 0) is 38.2 Å². The first kappa shape index (κ1) is 13.1. The standard InChI is InChI=1S/C13H15ClFN3/c1-16-6-2-3-13-17-8-12(18-13)10-5-4-9(15)7-11(10)14/h4-5,7-8,16H,2-3,6H2,1H3,(H,17,18). The lowest BCUT2D eigenvalue weighted by atomic mass is 10.2. The zero-order valence-electron chi connectivity index (χ0n) is 10.1. The number of H-pyrrole nitrogens is 1. The normalized spacial score (nSPS) is 10.8. The van der Waals surface area contributed by atoms with Crippen LogP contribution < -0.4 is 5.32 Å². The van der Waals surface area contributed by atoms with Crippen LogP contribution in [0.1, 0.15) is 12.2 Å². The van der Waals surface area contributed by atoms with Gasteiger partial charge in [0.25, 0.3) is 0 Å². The van der Waals surface area contributed by atoms with Crippen molar-refractivity contribution in [2.75, 3.05) is 13.6 Å². The van der Waals surface area contributed by atoms with Crippen molar-refractivity contribution in [2.45, 2.75) is 12.8 Å². The highest BCUT2D eigenvalue weighted by atomic mass is 35.5. The highest BCUT2D eigenvalue weighted by Crippen LogP contribution is 2.27. The van der Waals surface area contributed by atoms with Crippen LogP contribution in [0.5, 0.6) is 0 Å². The molecule has 0 unspecified atom stereocenters. The average Bonchev–Trinajstić information content (AvgIpc) is 2.78. The Morgan fingerprint density at radius 2 is 2.28 bits per heavy atom. The van der Waals surface area contributed by atoms with Crippen LogP contribution >= 0.6 is 11.6 Å². The van der Waals surface area contributed by atoms with Crippen LogP contribution in [0.4, 0.5) is 4.39 Å². The molecule has 0 aliphatic rings. The molecule has 0 saturated heterocycles. The van der Waals surface area contributed by atoms with E-state index in [4.69, 9.17) is 11.6 Å². The lowest BCUT2D eigenvalue weighted by Crippen LogP contribution is -2.08. The quantitative estimate of drug-likeness (QED) is 0.818. The van der Waals surface area contributed by atoms with E-state index in [0.29, 0.717) is 5.02 Å². The molecule has 96 valence electrons. The van der Waals surface area contributed by atoms with E-state index in [9.17, 15) is 4.39 Å². The summed E-state index contributed by atoms with van der Waals surface area (Å²) in [6.07, 6.45) is 3.62. The summed E-state index contributed by atoms with van der Waals surface area (Å²) in [5, 5.41) is 3.48. The molecule has 0 spiro atoms. The molecule has 1 aromatic heterocycles. The van der Waals surface area contributed by atoms with Gasteiger partial charge in [-0.25, -0.2) is 9.37 Å². The summed E-state index contributed by atoms with van der Waals surface area (Å²) in [6, 6.07) is 4.35. The summed E-state index contributed by atoms with van der Waals surface area (Å²) in [7, 11) is 1.92. The fraction of sp³-hybridized carbons (Fsp3) is 0.308. The molecule has 0 fully saturated rings. The number of aromatic amines is 1. The Balaban J connectivity index is 2.13. The number of nitrogens with zero attached hydrogens (tertiary/aromatic N) is 1. The van der Waals surface area contributed by atoms with Crippen LogP contribution in [0.15, 0.2) is 24.4 Å². The molecule has 0 amide bonds. The Labute approximate surface area is 110 Å². The van der Waals surface area contributed by atoms with E-state index in [1.54, 1.807) is 12.3 Å². The lowest BCUT2D eigenvalue weighted by Gasteiger charge is -2.01. The van der Waals surface area contributed by atoms with Gasteiger partial charge in [-0.1, -0.05) is 11.6 Å². The second kappa shape index (κ2) is 5.98.